The van der Waals surface area contributed by atoms with E-state index in [1.165, 1.54) is 6.92 Å². The highest BCUT2D eigenvalue weighted by Crippen LogP contribution is 2.48. The molecule has 1 aromatic rings. The zero-order valence-electron chi connectivity index (χ0n) is 19.2. The second kappa shape index (κ2) is 12.3. The molecule has 0 spiro atoms. The van der Waals surface area contributed by atoms with E-state index >= 15 is 0 Å². The molecule has 0 fully saturated rings. The standard InChI is InChI=1S/C21H33BNO7P/c1-7-28-31(26,14-27-15(2)13-22)30-18-10-8-17(9-11-18)12-19(16(3)24)23-20(25)29-21(4,5)6/h8-11,15,19H,7,12-14H2,1-6H3,(H,23,25). The van der Waals surface area contributed by atoms with Crippen molar-refractivity contribution in [1.29, 1.82) is 0 Å². The minimum absolute atomic E-state index is 0.196. The Kier molecular flexibility index (Phi) is 10.8. The van der Waals surface area contributed by atoms with Crippen molar-refractivity contribution in [3.05, 3.63) is 29.8 Å². The molecule has 8 nitrogen and oxygen atoms in total. The number of amides is 1. The molecular formula is C21H33BNO7P. The number of carbonyl (C=O) groups excluding carboxylic acids is 2. The Morgan fingerprint density at radius 1 is 1.19 bits per heavy atom. The molecular weight excluding hydrogens is 420 g/mol. The van der Waals surface area contributed by atoms with Crippen LogP contribution in [-0.2, 0) is 29.8 Å². The number of ketones is 1. The third kappa shape index (κ3) is 10.9. The lowest BCUT2D eigenvalue weighted by Crippen LogP contribution is -2.43. The van der Waals surface area contributed by atoms with E-state index in [4.69, 9.17) is 26.4 Å². The van der Waals surface area contributed by atoms with Crippen molar-refractivity contribution in [3.8, 4) is 5.75 Å². The minimum atomic E-state index is -3.51. The SMILES string of the molecule is [B]CC(C)OCP(=O)(OCC)Oc1ccc(CC(NC(=O)OC(C)(C)C)C(C)=O)cc1. The van der Waals surface area contributed by atoms with E-state index < -0.39 is 25.3 Å². The lowest BCUT2D eigenvalue weighted by molar-refractivity contribution is -0.119. The molecule has 3 atom stereocenters. The zero-order chi connectivity index (χ0) is 23.7. The molecule has 2 radical (unpaired) electrons. The van der Waals surface area contributed by atoms with Gasteiger partial charge in [-0.1, -0.05) is 18.5 Å². The highest BCUT2D eigenvalue weighted by atomic mass is 31.2. The summed E-state index contributed by atoms with van der Waals surface area (Å²) in [5, 5.41) is 2.59. The van der Waals surface area contributed by atoms with E-state index in [1.807, 2.05) is 0 Å². The van der Waals surface area contributed by atoms with Crippen molar-refractivity contribution < 1.29 is 32.7 Å². The largest absolute Gasteiger partial charge is 0.444 e. The fourth-order valence-electron chi connectivity index (χ4n) is 2.40. The van der Waals surface area contributed by atoms with Crippen LogP contribution < -0.4 is 9.84 Å². The predicted octanol–water partition coefficient (Wildman–Crippen LogP) is 4.27. The van der Waals surface area contributed by atoms with Crippen molar-refractivity contribution in [3.63, 3.8) is 0 Å². The maximum Gasteiger partial charge on any atom is 0.408 e. The average Bonchev–Trinajstić information content (AvgIpc) is 2.65. The predicted molar refractivity (Wildman–Crippen MR) is 120 cm³/mol. The van der Waals surface area contributed by atoms with Gasteiger partial charge in [0.05, 0.1) is 20.5 Å². The smallest absolute Gasteiger partial charge is 0.408 e. The van der Waals surface area contributed by atoms with E-state index in [-0.39, 0.29) is 37.6 Å². The molecule has 0 aliphatic rings. The van der Waals surface area contributed by atoms with Crippen LogP contribution in [0.15, 0.2) is 24.3 Å². The van der Waals surface area contributed by atoms with Crippen LogP contribution in [0.5, 0.6) is 5.75 Å². The number of nitrogens with one attached hydrogen (secondary N) is 1. The number of hydrogen-bond acceptors (Lipinski definition) is 7. The first-order valence-corrected chi connectivity index (χ1v) is 11.9. The Morgan fingerprint density at radius 3 is 2.29 bits per heavy atom. The van der Waals surface area contributed by atoms with Crippen molar-refractivity contribution >= 4 is 27.3 Å². The van der Waals surface area contributed by atoms with Gasteiger partial charge in [0, 0.05) is 6.10 Å². The molecule has 3 unspecified atom stereocenters. The van der Waals surface area contributed by atoms with Crippen LogP contribution in [0.2, 0.25) is 6.32 Å². The summed E-state index contributed by atoms with van der Waals surface area (Å²) >= 11 is 0. The number of carbonyl (C=O) groups is 2. The molecule has 1 N–H and O–H groups in total. The van der Waals surface area contributed by atoms with E-state index in [0.717, 1.165) is 5.56 Å². The van der Waals surface area contributed by atoms with E-state index in [1.54, 1.807) is 58.9 Å². The van der Waals surface area contributed by atoms with Gasteiger partial charge < -0.3 is 19.3 Å². The van der Waals surface area contributed by atoms with Crippen LogP contribution >= 0.6 is 7.60 Å². The van der Waals surface area contributed by atoms with Crippen LogP contribution in [0.4, 0.5) is 4.79 Å². The summed E-state index contributed by atoms with van der Waals surface area (Å²) in [7, 11) is 2.00. The lowest BCUT2D eigenvalue weighted by atomic mass is 10.0. The highest BCUT2D eigenvalue weighted by Gasteiger charge is 2.27. The van der Waals surface area contributed by atoms with Gasteiger partial charge in [-0.3, -0.25) is 9.32 Å². The van der Waals surface area contributed by atoms with Gasteiger partial charge in [-0.2, -0.15) is 0 Å². The van der Waals surface area contributed by atoms with Gasteiger partial charge in [0.1, 0.15) is 11.4 Å². The van der Waals surface area contributed by atoms with Crippen LogP contribution in [-0.4, -0.2) is 50.4 Å². The van der Waals surface area contributed by atoms with E-state index in [0.29, 0.717) is 5.75 Å². The van der Waals surface area contributed by atoms with Crippen molar-refractivity contribution in [2.24, 2.45) is 0 Å². The lowest BCUT2D eigenvalue weighted by Gasteiger charge is -2.23. The van der Waals surface area contributed by atoms with Gasteiger partial charge in [-0.15, -0.1) is 0 Å². The third-order valence-electron chi connectivity index (χ3n) is 3.96. The molecule has 10 heteroatoms. The molecule has 0 aromatic heterocycles. The van der Waals surface area contributed by atoms with Crippen LogP contribution in [0, 0.1) is 0 Å². The van der Waals surface area contributed by atoms with Gasteiger partial charge in [-0.05, 0) is 65.7 Å². The molecule has 0 heterocycles. The van der Waals surface area contributed by atoms with Gasteiger partial charge in [0.25, 0.3) is 0 Å². The van der Waals surface area contributed by atoms with Gasteiger partial charge >= 0.3 is 13.7 Å². The second-order valence-electron chi connectivity index (χ2n) is 8.12. The molecule has 31 heavy (non-hydrogen) atoms. The Labute approximate surface area is 186 Å². The number of rotatable bonds is 12. The van der Waals surface area contributed by atoms with Gasteiger partial charge in [0.15, 0.2) is 12.1 Å². The number of ether oxygens (including phenoxy) is 2. The zero-order valence-corrected chi connectivity index (χ0v) is 20.1. The monoisotopic (exact) mass is 453 g/mol. The molecule has 0 saturated carbocycles. The first kappa shape index (κ1) is 27.2. The number of hydrogen-bond donors (Lipinski definition) is 1. The molecule has 0 saturated heterocycles. The molecule has 172 valence electrons. The third-order valence-corrected chi connectivity index (χ3v) is 5.57. The normalized spacial score (nSPS) is 15.4. The molecule has 0 aliphatic heterocycles. The van der Waals surface area contributed by atoms with E-state index in [9.17, 15) is 14.2 Å². The molecule has 0 bridgehead atoms. The van der Waals surface area contributed by atoms with Crippen LogP contribution in [0.1, 0.15) is 47.1 Å². The summed E-state index contributed by atoms with van der Waals surface area (Å²) in [6.45, 7) is 10.3. The first-order valence-electron chi connectivity index (χ1n) is 10.2. The summed E-state index contributed by atoms with van der Waals surface area (Å²) in [5.74, 6) is 0.141. The van der Waals surface area contributed by atoms with Gasteiger partial charge in [0.2, 0.25) is 0 Å². The Bertz CT molecular complexity index is 764. The Hall–Kier alpha value is -1.83. The first-order chi connectivity index (χ1) is 14.4. The van der Waals surface area contributed by atoms with Crippen LogP contribution in [0.3, 0.4) is 0 Å². The average molecular weight is 453 g/mol. The van der Waals surface area contributed by atoms with E-state index in [2.05, 4.69) is 5.32 Å². The summed E-state index contributed by atoms with van der Waals surface area (Å²) < 4.78 is 34.4. The summed E-state index contributed by atoms with van der Waals surface area (Å²) in [6, 6.07) is 5.96. The van der Waals surface area contributed by atoms with Crippen LogP contribution in [0.25, 0.3) is 0 Å². The molecule has 1 amide bonds. The van der Waals surface area contributed by atoms with Crippen molar-refractivity contribution in [2.45, 2.75) is 72.0 Å². The quantitative estimate of drug-likeness (QED) is 0.373. The maximum atomic E-state index is 12.9. The van der Waals surface area contributed by atoms with Crippen molar-refractivity contribution in [1.82, 2.24) is 5.32 Å². The molecule has 0 aliphatic carbocycles. The Balaban J connectivity index is 2.80. The number of Topliss-reactive ketones (excluding diaryl/α,β-unsaturated/α-hetero) is 1. The maximum absolute atomic E-state index is 12.9. The summed E-state index contributed by atoms with van der Waals surface area (Å²) in [5.41, 5.74) is 0.118. The summed E-state index contributed by atoms with van der Waals surface area (Å²) in [4.78, 5) is 24.0. The summed E-state index contributed by atoms with van der Waals surface area (Å²) in [6.07, 6.45) is -0.588. The fraction of sp³-hybridized carbons (Fsp3) is 0.619. The Morgan fingerprint density at radius 2 is 1.81 bits per heavy atom. The minimum Gasteiger partial charge on any atom is -0.444 e. The number of alkyl carbamates (subject to hydrolysis) is 1. The molecule has 1 rings (SSSR count). The second-order valence-corrected chi connectivity index (χ2v) is 10.0. The molecule has 1 aromatic carbocycles. The highest BCUT2D eigenvalue weighted by molar-refractivity contribution is 7.54. The fourth-order valence-corrected chi connectivity index (χ4v) is 3.86. The number of benzene rings is 1. The van der Waals surface area contributed by atoms with Gasteiger partial charge in [-0.25, -0.2) is 9.36 Å². The van der Waals surface area contributed by atoms with Crippen molar-refractivity contribution in [2.75, 3.05) is 13.0 Å². The topological polar surface area (TPSA) is 100 Å².